The van der Waals surface area contributed by atoms with Gasteiger partial charge in [-0.3, -0.25) is 9.59 Å². The van der Waals surface area contributed by atoms with Gasteiger partial charge in [0, 0.05) is 43.2 Å². The van der Waals surface area contributed by atoms with Gasteiger partial charge in [0.1, 0.15) is 5.03 Å². The molecule has 0 bridgehead atoms. The van der Waals surface area contributed by atoms with Gasteiger partial charge < -0.3 is 10.2 Å². The summed E-state index contributed by atoms with van der Waals surface area (Å²) in [7, 11) is 0. The van der Waals surface area contributed by atoms with E-state index in [-0.39, 0.29) is 18.0 Å². The van der Waals surface area contributed by atoms with Crippen LogP contribution in [0.3, 0.4) is 0 Å². The number of thioether (sulfide) groups is 1. The SMILES string of the molecule is O=C(NCc1cccc(C(=O)N2CCCCC2)c1)c1cccnc1SC(F)(F)F. The molecule has 2 amide bonds. The lowest BCUT2D eigenvalue weighted by Gasteiger charge is -2.26. The van der Waals surface area contributed by atoms with Crippen molar-refractivity contribution in [3.05, 3.63) is 59.3 Å². The predicted octanol–water partition coefficient (Wildman–Crippen LogP) is 4.25. The Morgan fingerprint density at radius 3 is 2.59 bits per heavy atom. The van der Waals surface area contributed by atoms with Gasteiger partial charge in [-0.25, -0.2) is 4.98 Å². The highest BCUT2D eigenvalue weighted by Crippen LogP contribution is 2.37. The first-order chi connectivity index (χ1) is 13.8. The maximum Gasteiger partial charge on any atom is 0.447 e. The number of nitrogens with zero attached hydrogens (tertiary/aromatic N) is 2. The fourth-order valence-electron chi connectivity index (χ4n) is 3.13. The molecule has 1 aromatic heterocycles. The number of hydrogen-bond donors (Lipinski definition) is 1. The number of carbonyl (C=O) groups excluding carboxylic acids is 2. The van der Waals surface area contributed by atoms with Gasteiger partial charge in [-0.05, 0) is 49.1 Å². The Hall–Kier alpha value is -2.55. The number of rotatable bonds is 5. The van der Waals surface area contributed by atoms with E-state index in [9.17, 15) is 22.8 Å². The van der Waals surface area contributed by atoms with E-state index in [1.165, 1.54) is 18.3 Å². The van der Waals surface area contributed by atoms with E-state index in [1.807, 2.05) is 4.90 Å². The van der Waals surface area contributed by atoms with Gasteiger partial charge >= 0.3 is 5.51 Å². The average Bonchev–Trinajstić information content (AvgIpc) is 2.71. The van der Waals surface area contributed by atoms with E-state index in [1.54, 1.807) is 24.3 Å². The van der Waals surface area contributed by atoms with E-state index in [0.29, 0.717) is 11.1 Å². The van der Waals surface area contributed by atoms with Gasteiger partial charge in [0.05, 0.1) is 5.56 Å². The fraction of sp³-hybridized carbons (Fsp3) is 0.350. The number of carbonyl (C=O) groups is 2. The molecule has 29 heavy (non-hydrogen) atoms. The van der Waals surface area contributed by atoms with Gasteiger partial charge in [-0.1, -0.05) is 12.1 Å². The number of piperidine rings is 1. The molecule has 1 saturated heterocycles. The molecule has 0 unspecified atom stereocenters. The van der Waals surface area contributed by atoms with Gasteiger partial charge in [0.25, 0.3) is 11.8 Å². The summed E-state index contributed by atoms with van der Waals surface area (Å²) in [5.74, 6) is -0.702. The van der Waals surface area contributed by atoms with Gasteiger partial charge in [0.2, 0.25) is 0 Å². The lowest BCUT2D eigenvalue weighted by Crippen LogP contribution is -2.35. The van der Waals surface area contributed by atoms with E-state index in [0.717, 1.165) is 32.4 Å². The number of aromatic nitrogens is 1. The van der Waals surface area contributed by atoms with Crippen molar-refractivity contribution in [2.75, 3.05) is 13.1 Å². The Morgan fingerprint density at radius 2 is 1.86 bits per heavy atom. The minimum atomic E-state index is -4.54. The van der Waals surface area contributed by atoms with E-state index < -0.39 is 28.2 Å². The van der Waals surface area contributed by atoms with Crippen LogP contribution in [0.2, 0.25) is 0 Å². The molecule has 0 saturated carbocycles. The third-order valence-electron chi connectivity index (χ3n) is 4.50. The van der Waals surface area contributed by atoms with Crippen molar-refractivity contribution in [1.29, 1.82) is 0 Å². The Morgan fingerprint density at radius 1 is 1.10 bits per heavy atom. The van der Waals surface area contributed by atoms with Crippen molar-refractivity contribution >= 4 is 23.6 Å². The molecule has 1 aliphatic rings. The topological polar surface area (TPSA) is 62.3 Å². The summed E-state index contributed by atoms with van der Waals surface area (Å²) >= 11 is -0.423. The molecule has 0 aliphatic carbocycles. The number of benzene rings is 1. The Kier molecular flexibility index (Phi) is 6.79. The zero-order chi connectivity index (χ0) is 20.9. The van der Waals surface area contributed by atoms with E-state index in [4.69, 9.17) is 0 Å². The van der Waals surface area contributed by atoms with Crippen molar-refractivity contribution in [1.82, 2.24) is 15.2 Å². The summed E-state index contributed by atoms with van der Waals surface area (Å²) in [6.07, 6.45) is 4.31. The number of halogens is 3. The van der Waals surface area contributed by atoms with Gasteiger partial charge in [-0.2, -0.15) is 13.2 Å². The molecule has 2 heterocycles. The number of amides is 2. The number of nitrogens with one attached hydrogen (secondary N) is 1. The molecule has 1 N–H and O–H groups in total. The average molecular weight is 423 g/mol. The summed E-state index contributed by atoms with van der Waals surface area (Å²) in [5.41, 5.74) is -3.45. The number of pyridine rings is 1. The van der Waals surface area contributed by atoms with Crippen LogP contribution >= 0.6 is 11.8 Å². The lowest BCUT2D eigenvalue weighted by molar-refractivity contribution is -0.0329. The summed E-state index contributed by atoms with van der Waals surface area (Å²) in [6.45, 7) is 1.56. The summed E-state index contributed by atoms with van der Waals surface area (Å²) in [4.78, 5) is 30.5. The summed E-state index contributed by atoms with van der Waals surface area (Å²) in [5, 5.41) is 2.21. The zero-order valence-electron chi connectivity index (χ0n) is 15.5. The van der Waals surface area contributed by atoms with Crippen molar-refractivity contribution in [3.8, 4) is 0 Å². The highest BCUT2D eigenvalue weighted by atomic mass is 32.2. The molecule has 2 aromatic rings. The highest BCUT2D eigenvalue weighted by molar-refractivity contribution is 8.00. The third kappa shape index (κ3) is 5.96. The molecule has 1 aliphatic heterocycles. The second kappa shape index (κ2) is 9.30. The molecular weight excluding hydrogens is 403 g/mol. The first-order valence-electron chi connectivity index (χ1n) is 9.21. The van der Waals surface area contributed by atoms with E-state index in [2.05, 4.69) is 10.3 Å². The van der Waals surface area contributed by atoms with Gasteiger partial charge in [0.15, 0.2) is 0 Å². The minimum absolute atomic E-state index is 0.0472. The normalized spacial score (nSPS) is 14.5. The quantitative estimate of drug-likeness (QED) is 0.731. The largest absolute Gasteiger partial charge is 0.447 e. The van der Waals surface area contributed by atoms with Gasteiger partial charge in [-0.15, -0.1) is 0 Å². The fourth-order valence-corrected chi connectivity index (χ4v) is 3.73. The standard InChI is InChI=1S/C20H20F3N3O2S/c21-20(22,23)29-18-16(8-5-9-24-18)17(27)25-13-14-6-4-7-15(12-14)19(28)26-10-2-1-3-11-26/h4-9,12H,1-3,10-11,13H2,(H,25,27). The van der Waals surface area contributed by atoms with E-state index >= 15 is 0 Å². The zero-order valence-corrected chi connectivity index (χ0v) is 16.4. The Labute approximate surface area is 170 Å². The van der Waals surface area contributed by atoms with Crippen LogP contribution in [0.15, 0.2) is 47.6 Å². The van der Waals surface area contributed by atoms with Crippen molar-refractivity contribution < 1.29 is 22.8 Å². The number of likely N-dealkylation sites (tertiary alicyclic amines) is 1. The third-order valence-corrected chi connectivity index (χ3v) is 5.25. The number of alkyl halides is 3. The smallest absolute Gasteiger partial charge is 0.348 e. The van der Waals surface area contributed by atoms with Crippen LogP contribution in [-0.4, -0.2) is 40.3 Å². The lowest BCUT2D eigenvalue weighted by atomic mass is 10.1. The van der Waals surface area contributed by atoms with Crippen molar-refractivity contribution in [2.24, 2.45) is 0 Å². The monoisotopic (exact) mass is 423 g/mol. The van der Waals surface area contributed by atoms with Crippen LogP contribution in [0.5, 0.6) is 0 Å². The predicted molar refractivity (Wildman–Crippen MR) is 104 cm³/mol. The Bertz CT molecular complexity index is 883. The summed E-state index contributed by atoms with van der Waals surface area (Å²) in [6, 6.07) is 9.61. The summed E-state index contributed by atoms with van der Waals surface area (Å²) < 4.78 is 38.0. The second-order valence-electron chi connectivity index (χ2n) is 6.64. The van der Waals surface area contributed by atoms with Crippen LogP contribution in [0.25, 0.3) is 0 Å². The molecule has 3 rings (SSSR count). The van der Waals surface area contributed by atoms with Crippen molar-refractivity contribution in [2.45, 2.75) is 36.3 Å². The minimum Gasteiger partial charge on any atom is -0.348 e. The second-order valence-corrected chi connectivity index (χ2v) is 7.69. The molecule has 5 nitrogen and oxygen atoms in total. The first kappa shape index (κ1) is 21.2. The number of hydrogen-bond acceptors (Lipinski definition) is 4. The molecule has 154 valence electrons. The van der Waals surface area contributed by atoms with Crippen molar-refractivity contribution in [3.63, 3.8) is 0 Å². The molecule has 1 fully saturated rings. The maximum absolute atomic E-state index is 12.7. The van der Waals surface area contributed by atoms with Crippen LogP contribution in [0.1, 0.15) is 45.5 Å². The Balaban J connectivity index is 1.66. The van der Waals surface area contributed by atoms with Crippen LogP contribution in [0, 0.1) is 0 Å². The molecule has 0 radical (unpaired) electrons. The highest BCUT2D eigenvalue weighted by Gasteiger charge is 2.32. The molecule has 0 atom stereocenters. The molecule has 0 spiro atoms. The maximum atomic E-state index is 12.7. The first-order valence-corrected chi connectivity index (χ1v) is 10.0. The molecule has 9 heteroatoms. The van der Waals surface area contributed by atoms with Crippen LogP contribution in [0.4, 0.5) is 13.2 Å². The van der Waals surface area contributed by atoms with Crippen LogP contribution < -0.4 is 5.32 Å². The molecular formula is C20H20F3N3O2S. The van der Waals surface area contributed by atoms with Crippen LogP contribution in [-0.2, 0) is 6.54 Å². The molecule has 1 aromatic carbocycles.